The molecule has 0 unspecified atom stereocenters. The molecule has 1 saturated heterocycles. The first-order valence-electron chi connectivity index (χ1n) is 13.4. The number of rotatable bonds is 8. The number of amides is 1. The summed E-state index contributed by atoms with van der Waals surface area (Å²) >= 11 is 2.76. The molecular weight excluding hydrogens is 561 g/mol. The van der Waals surface area contributed by atoms with Gasteiger partial charge in [0.2, 0.25) is 11.8 Å². The molecule has 4 aliphatic rings. The van der Waals surface area contributed by atoms with Gasteiger partial charge in [0.25, 0.3) is 0 Å². The highest BCUT2D eigenvalue weighted by molar-refractivity contribution is 7.97. The molecule has 0 radical (unpaired) electrons. The Labute approximate surface area is 236 Å². The smallest absolute Gasteiger partial charge is 0.249 e. The molecule has 4 heterocycles. The molecule has 0 atom stereocenters. The minimum Gasteiger partial charge on any atom is -0.366 e. The highest BCUT2D eigenvalue weighted by atomic mass is 32.2. The highest BCUT2D eigenvalue weighted by Crippen LogP contribution is 2.49. The van der Waals surface area contributed by atoms with Crippen LogP contribution in [0, 0.1) is 17.2 Å². The monoisotopic (exact) mass is 588 g/mol. The molecule has 210 valence electrons. The molecule has 3 saturated carbocycles. The van der Waals surface area contributed by atoms with Crippen LogP contribution in [0.25, 0.3) is 16.3 Å². The van der Waals surface area contributed by atoms with Gasteiger partial charge in [-0.25, -0.2) is 18.2 Å². The van der Waals surface area contributed by atoms with Gasteiger partial charge in [0, 0.05) is 56.0 Å². The molecule has 0 bridgehead atoms. The standard InChI is InChI=1S/C26H27F3N8OS2/c27-14-25(3-4-25)34-40-17-9-18(35-5-7-36(8-6-35)22(38)16-10-26(28,29)11-16)19-12-31-20(37(19)13-17)21-32-33-23(39-21)24(15-30)1-2-24/h9,12-13,16,34H,1-8,10-11,14H2. The second kappa shape index (κ2) is 9.32. The fourth-order valence-corrected chi connectivity index (χ4v) is 7.33. The van der Waals surface area contributed by atoms with Crippen molar-refractivity contribution in [2.24, 2.45) is 5.92 Å². The molecule has 4 fully saturated rings. The molecular formula is C26H27F3N8OS2. The van der Waals surface area contributed by atoms with Crippen LogP contribution in [0.3, 0.4) is 0 Å². The number of carbonyl (C=O) groups excluding carboxylic acids is 1. The average molecular weight is 589 g/mol. The Balaban J connectivity index is 1.17. The van der Waals surface area contributed by atoms with E-state index in [4.69, 9.17) is 0 Å². The Morgan fingerprint density at radius 3 is 2.55 bits per heavy atom. The van der Waals surface area contributed by atoms with Gasteiger partial charge in [-0.1, -0.05) is 11.3 Å². The summed E-state index contributed by atoms with van der Waals surface area (Å²) in [5, 5.41) is 19.6. The van der Waals surface area contributed by atoms with Crippen LogP contribution >= 0.6 is 23.3 Å². The molecule has 1 amide bonds. The van der Waals surface area contributed by atoms with Crippen LogP contribution in [0.4, 0.5) is 18.9 Å². The largest absolute Gasteiger partial charge is 0.366 e. The van der Waals surface area contributed by atoms with Crippen molar-refractivity contribution in [1.29, 1.82) is 5.26 Å². The van der Waals surface area contributed by atoms with Crippen LogP contribution in [-0.2, 0) is 10.2 Å². The van der Waals surface area contributed by atoms with Crippen molar-refractivity contribution in [3.63, 3.8) is 0 Å². The quantitative estimate of drug-likeness (QED) is 0.391. The van der Waals surface area contributed by atoms with E-state index in [9.17, 15) is 23.2 Å². The van der Waals surface area contributed by atoms with Gasteiger partial charge in [-0.3, -0.25) is 13.9 Å². The summed E-state index contributed by atoms with van der Waals surface area (Å²) in [4.78, 5) is 22.2. The van der Waals surface area contributed by atoms with E-state index in [1.54, 1.807) is 11.1 Å². The zero-order valence-corrected chi connectivity index (χ0v) is 23.2. The number of anilines is 1. The highest BCUT2D eigenvalue weighted by Gasteiger charge is 2.50. The summed E-state index contributed by atoms with van der Waals surface area (Å²) < 4.78 is 45.4. The first-order chi connectivity index (χ1) is 19.2. The van der Waals surface area contributed by atoms with Gasteiger partial charge < -0.3 is 9.80 Å². The molecule has 0 aromatic carbocycles. The fourth-order valence-electron chi connectivity index (χ4n) is 5.37. The lowest BCUT2D eigenvalue weighted by molar-refractivity contribution is -0.160. The van der Waals surface area contributed by atoms with Gasteiger partial charge in [-0.2, -0.15) is 5.26 Å². The first-order valence-corrected chi connectivity index (χ1v) is 15.1. The predicted octanol–water partition coefficient (Wildman–Crippen LogP) is 4.20. The van der Waals surface area contributed by atoms with E-state index in [0.717, 1.165) is 41.8 Å². The number of nitrogens with zero attached hydrogens (tertiary/aromatic N) is 7. The fraction of sp³-hybridized carbons (Fsp3) is 0.577. The molecule has 3 aliphatic carbocycles. The Kier molecular flexibility index (Phi) is 6.07. The van der Waals surface area contributed by atoms with Crippen molar-refractivity contribution in [3.8, 4) is 16.9 Å². The lowest BCUT2D eigenvalue weighted by atomic mass is 9.80. The van der Waals surface area contributed by atoms with Crippen molar-refractivity contribution < 1.29 is 18.0 Å². The summed E-state index contributed by atoms with van der Waals surface area (Å²) in [7, 11) is 0. The van der Waals surface area contributed by atoms with E-state index < -0.39 is 29.5 Å². The van der Waals surface area contributed by atoms with Gasteiger partial charge >= 0.3 is 0 Å². The third-order valence-corrected chi connectivity index (χ3v) is 10.6. The second-order valence-corrected chi connectivity index (χ2v) is 13.3. The van der Waals surface area contributed by atoms with Gasteiger partial charge in [-0.05, 0) is 43.7 Å². The van der Waals surface area contributed by atoms with Crippen LogP contribution in [-0.4, -0.2) is 74.7 Å². The van der Waals surface area contributed by atoms with Gasteiger partial charge in [-0.15, -0.1) is 10.2 Å². The van der Waals surface area contributed by atoms with E-state index in [1.807, 2.05) is 16.7 Å². The number of hydrogen-bond donors (Lipinski definition) is 1. The molecule has 1 N–H and O–H groups in total. The summed E-state index contributed by atoms with van der Waals surface area (Å²) in [6, 6.07) is 4.40. The number of piperazine rings is 1. The zero-order valence-electron chi connectivity index (χ0n) is 21.6. The van der Waals surface area contributed by atoms with E-state index in [0.29, 0.717) is 42.0 Å². The molecule has 40 heavy (non-hydrogen) atoms. The molecule has 14 heteroatoms. The van der Waals surface area contributed by atoms with Crippen molar-refractivity contribution in [1.82, 2.24) is 29.2 Å². The molecule has 3 aromatic rings. The predicted molar refractivity (Wildman–Crippen MR) is 144 cm³/mol. The molecule has 1 aliphatic heterocycles. The molecule has 0 spiro atoms. The van der Waals surface area contributed by atoms with E-state index in [-0.39, 0.29) is 18.7 Å². The van der Waals surface area contributed by atoms with Crippen molar-refractivity contribution >= 4 is 40.4 Å². The number of nitriles is 1. The van der Waals surface area contributed by atoms with Crippen molar-refractivity contribution in [2.75, 3.05) is 37.8 Å². The number of nitrogens with one attached hydrogen (secondary N) is 1. The first kappa shape index (κ1) is 26.0. The summed E-state index contributed by atoms with van der Waals surface area (Å²) in [5.41, 5.74) is 0.753. The van der Waals surface area contributed by atoms with E-state index >= 15 is 0 Å². The number of fused-ring (bicyclic) bond motifs is 1. The van der Waals surface area contributed by atoms with Gasteiger partial charge in [0.1, 0.15) is 17.1 Å². The number of alkyl halides is 3. The Morgan fingerprint density at radius 2 is 1.93 bits per heavy atom. The number of imidazole rings is 1. The van der Waals surface area contributed by atoms with Gasteiger partial charge in [0.05, 0.1) is 29.0 Å². The maximum absolute atomic E-state index is 13.5. The Morgan fingerprint density at radius 1 is 1.18 bits per heavy atom. The van der Waals surface area contributed by atoms with Crippen LogP contribution in [0.15, 0.2) is 23.4 Å². The minimum atomic E-state index is -2.72. The normalized spacial score (nSPS) is 22.6. The Bertz CT molecular complexity index is 1510. The maximum Gasteiger partial charge on any atom is 0.249 e. The lowest BCUT2D eigenvalue weighted by Gasteiger charge is -2.41. The van der Waals surface area contributed by atoms with E-state index in [1.165, 1.54) is 23.3 Å². The van der Waals surface area contributed by atoms with Crippen LogP contribution in [0.2, 0.25) is 0 Å². The number of halogens is 3. The van der Waals surface area contributed by atoms with Crippen LogP contribution in [0.1, 0.15) is 43.5 Å². The van der Waals surface area contributed by atoms with Crippen LogP contribution in [0.5, 0.6) is 0 Å². The number of pyridine rings is 1. The molecule has 9 nitrogen and oxygen atoms in total. The second-order valence-electron chi connectivity index (χ2n) is 11.4. The Hall–Kier alpha value is -2.89. The van der Waals surface area contributed by atoms with Gasteiger partial charge in [0.15, 0.2) is 10.8 Å². The zero-order chi connectivity index (χ0) is 27.7. The molecule has 3 aromatic heterocycles. The van der Waals surface area contributed by atoms with Crippen LogP contribution < -0.4 is 9.62 Å². The lowest BCUT2D eigenvalue weighted by Crippen LogP contribution is -2.53. The van der Waals surface area contributed by atoms with Crippen molar-refractivity contribution in [2.45, 2.75) is 60.3 Å². The SMILES string of the molecule is N#CC1(c2nnc(-c3ncc4c(N5CCN(C(=O)C6CC(F)(F)C6)CC5)cc(SNC5(CF)CC5)cn34)s2)CC1. The third kappa shape index (κ3) is 4.52. The summed E-state index contributed by atoms with van der Waals surface area (Å²) in [6.45, 7) is 1.57. The molecule has 7 rings (SSSR count). The number of carbonyl (C=O) groups is 1. The topological polar surface area (TPSA) is 102 Å². The maximum atomic E-state index is 13.5. The third-order valence-electron chi connectivity index (χ3n) is 8.45. The minimum absolute atomic E-state index is 0.185. The van der Waals surface area contributed by atoms with E-state index in [2.05, 4.69) is 30.9 Å². The number of aromatic nitrogens is 4. The average Bonchev–Trinajstić information content (AvgIpc) is 3.83. The van der Waals surface area contributed by atoms with Crippen molar-refractivity contribution in [3.05, 3.63) is 23.5 Å². The number of hydrogen-bond acceptors (Lipinski definition) is 9. The summed E-state index contributed by atoms with van der Waals surface area (Å²) in [5.74, 6) is -2.88. The summed E-state index contributed by atoms with van der Waals surface area (Å²) in [6.07, 6.45) is 6.15.